The summed E-state index contributed by atoms with van der Waals surface area (Å²) in [7, 11) is 0. The van der Waals surface area contributed by atoms with Crippen molar-refractivity contribution in [2.45, 2.75) is 12.5 Å². The number of para-hydroxylation sites is 1. The van der Waals surface area contributed by atoms with Crippen molar-refractivity contribution in [3.05, 3.63) is 102 Å². The van der Waals surface area contributed by atoms with E-state index in [1.54, 1.807) is 54.6 Å². The highest BCUT2D eigenvalue weighted by molar-refractivity contribution is 6.02. The third kappa shape index (κ3) is 7.27. The third-order valence-electron chi connectivity index (χ3n) is 4.63. The number of nitrogens with one attached hydrogen (secondary N) is 3. The van der Waals surface area contributed by atoms with Crippen molar-refractivity contribution in [1.82, 2.24) is 10.6 Å². The molecule has 34 heavy (non-hydrogen) atoms. The van der Waals surface area contributed by atoms with E-state index in [0.717, 1.165) is 11.6 Å². The Hall–Kier alpha value is -4.53. The lowest BCUT2D eigenvalue weighted by molar-refractivity contribution is -0.150. The minimum Gasteiger partial charge on any atom is -0.454 e. The smallest absolute Gasteiger partial charge is 0.329 e. The lowest BCUT2D eigenvalue weighted by Crippen LogP contribution is -2.45. The van der Waals surface area contributed by atoms with Crippen LogP contribution in [0.1, 0.15) is 15.9 Å². The summed E-state index contributed by atoms with van der Waals surface area (Å²) in [4.78, 5) is 49.1. The second-order valence-corrected chi connectivity index (χ2v) is 7.17. The molecule has 3 N–H and O–H groups in total. The Balaban J connectivity index is 1.58. The molecule has 0 heterocycles. The van der Waals surface area contributed by atoms with Gasteiger partial charge in [0.05, 0.1) is 5.69 Å². The van der Waals surface area contributed by atoms with Gasteiger partial charge in [0, 0.05) is 12.0 Å². The van der Waals surface area contributed by atoms with E-state index < -0.39 is 42.3 Å². The van der Waals surface area contributed by atoms with Gasteiger partial charge in [0.1, 0.15) is 11.9 Å². The van der Waals surface area contributed by atoms with Crippen molar-refractivity contribution in [2.75, 3.05) is 11.9 Å². The van der Waals surface area contributed by atoms with Gasteiger partial charge < -0.3 is 15.4 Å². The first-order chi connectivity index (χ1) is 16.4. The average molecular weight is 463 g/mol. The summed E-state index contributed by atoms with van der Waals surface area (Å²) in [5.41, 5.74) is 1.01. The van der Waals surface area contributed by atoms with E-state index in [1.165, 1.54) is 18.2 Å². The molecule has 0 aliphatic carbocycles. The number of carbonyl (C=O) groups excluding carboxylic acids is 4. The number of amides is 4. The Labute approximate surface area is 195 Å². The zero-order valence-electron chi connectivity index (χ0n) is 18.0. The van der Waals surface area contributed by atoms with Crippen molar-refractivity contribution in [1.29, 1.82) is 0 Å². The molecule has 0 aliphatic heterocycles. The summed E-state index contributed by atoms with van der Waals surface area (Å²) < 4.78 is 18.6. The third-order valence-corrected chi connectivity index (χ3v) is 4.63. The van der Waals surface area contributed by atoms with Gasteiger partial charge in [-0.05, 0) is 29.8 Å². The van der Waals surface area contributed by atoms with Gasteiger partial charge in [-0.15, -0.1) is 0 Å². The molecule has 0 aliphatic rings. The molecule has 3 aromatic rings. The molecule has 0 saturated carbocycles. The maximum absolute atomic E-state index is 13.6. The lowest BCUT2D eigenvalue weighted by atomic mass is 10.1. The summed E-state index contributed by atoms with van der Waals surface area (Å²) in [5, 5.41) is 6.75. The predicted octanol–water partition coefficient (Wildman–Crippen LogP) is 3.06. The first kappa shape index (κ1) is 24.1. The van der Waals surface area contributed by atoms with Gasteiger partial charge >= 0.3 is 12.0 Å². The van der Waals surface area contributed by atoms with E-state index in [9.17, 15) is 23.6 Å². The van der Waals surface area contributed by atoms with Crippen LogP contribution in [0, 0.1) is 5.82 Å². The van der Waals surface area contributed by atoms with Crippen LogP contribution in [0.25, 0.3) is 0 Å². The number of hydrogen-bond donors (Lipinski definition) is 3. The summed E-state index contributed by atoms with van der Waals surface area (Å²) in [6, 6.07) is 20.7. The zero-order valence-corrected chi connectivity index (χ0v) is 18.0. The molecule has 0 bridgehead atoms. The number of halogens is 1. The standard InChI is InChI=1S/C25H22FN3O5/c26-19-13-7-8-14-20(19)28-25(33)29-22(30)16-34-24(32)21(15-17-9-3-1-4-10-17)27-23(31)18-11-5-2-6-12-18/h1-14,21H,15-16H2,(H,27,31)(H2,28,29,30,33). The fourth-order valence-corrected chi connectivity index (χ4v) is 2.99. The monoisotopic (exact) mass is 463 g/mol. The minimum atomic E-state index is -1.07. The number of benzene rings is 3. The van der Waals surface area contributed by atoms with Crippen LogP contribution in [0.15, 0.2) is 84.9 Å². The molecular weight excluding hydrogens is 441 g/mol. The largest absolute Gasteiger partial charge is 0.454 e. The van der Waals surface area contributed by atoms with Crippen molar-refractivity contribution < 1.29 is 28.3 Å². The van der Waals surface area contributed by atoms with Crippen LogP contribution in [-0.4, -0.2) is 36.5 Å². The van der Waals surface area contributed by atoms with Gasteiger partial charge in [0.15, 0.2) is 6.61 Å². The number of anilines is 1. The van der Waals surface area contributed by atoms with Crippen molar-refractivity contribution in [2.24, 2.45) is 0 Å². The van der Waals surface area contributed by atoms with E-state index in [2.05, 4.69) is 10.6 Å². The van der Waals surface area contributed by atoms with Gasteiger partial charge in [0.2, 0.25) is 0 Å². The maximum Gasteiger partial charge on any atom is 0.329 e. The van der Waals surface area contributed by atoms with Crippen LogP contribution in [-0.2, 0) is 20.7 Å². The zero-order chi connectivity index (χ0) is 24.3. The fraction of sp³-hybridized carbons (Fsp3) is 0.120. The van der Waals surface area contributed by atoms with Gasteiger partial charge in [-0.25, -0.2) is 14.0 Å². The number of hydrogen-bond acceptors (Lipinski definition) is 5. The second-order valence-electron chi connectivity index (χ2n) is 7.17. The molecule has 8 nitrogen and oxygen atoms in total. The van der Waals surface area contributed by atoms with Gasteiger partial charge in [-0.2, -0.15) is 0 Å². The van der Waals surface area contributed by atoms with Gasteiger partial charge in [-0.3, -0.25) is 14.9 Å². The summed E-state index contributed by atoms with van der Waals surface area (Å²) in [5.74, 6) is -2.92. The van der Waals surface area contributed by atoms with E-state index in [-0.39, 0.29) is 12.1 Å². The molecule has 3 aromatic carbocycles. The van der Waals surface area contributed by atoms with Crippen LogP contribution in [0.5, 0.6) is 0 Å². The molecular formula is C25H22FN3O5. The molecule has 4 amide bonds. The SMILES string of the molecule is O=C(COC(=O)C(Cc1ccccc1)NC(=O)c1ccccc1)NC(=O)Nc1ccccc1F. The number of esters is 1. The van der Waals surface area contributed by atoms with Crippen molar-refractivity contribution in [3.8, 4) is 0 Å². The summed E-state index contributed by atoms with van der Waals surface area (Å²) >= 11 is 0. The fourth-order valence-electron chi connectivity index (χ4n) is 2.99. The summed E-state index contributed by atoms with van der Waals surface area (Å²) in [6.45, 7) is -0.768. The Bertz CT molecular complexity index is 1160. The number of urea groups is 1. The molecule has 0 fully saturated rings. The van der Waals surface area contributed by atoms with Crippen LogP contribution in [0.2, 0.25) is 0 Å². The molecule has 1 unspecified atom stereocenters. The van der Waals surface area contributed by atoms with E-state index in [0.29, 0.717) is 5.56 Å². The molecule has 0 radical (unpaired) electrons. The van der Waals surface area contributed by atoms with Crippen LogP contribution in [0.3, 0.4) is 0 Å². The van der Waals surface area contributed by atoms with Crippen molar-refractivity contribution >= 4 is 29.5 Å². The van der Waals surface area contributed by atoms with Gasteiger partial charge in [-0.1, -0.05) is 60.7 Å². The molecule has 174 valence electrons. The van der Waals surface area contributed by atoms with E-state index >= 15 is 0 Å². The van der Waals surface area contributed by atoms with Crippen LogP contribution in [0.4, 0.5) is 14.9 Å². The highest BCUT2D eigenvalue weighted by Gasteiger charge is 2.24. The number of imide groups is 1. The average Bonchev–Trinajstić information content (AvgIpc) is 2.84. The summed E-state index contributed by atoms with van der Waals surface area (Å²) in [6.07, 6.45) is 0.133. The van der Waals surface area contributed by atoms with Crippen LogP contribution < -0.4 is 16.0 Å². The first-order valence-corrected chi connectivity index (χ1v) is 10.3. The highest BCUT2D eigenvalue weighted by Crippen LogP contribution is 2.12. The van der Waals surface area contributed by atoms with Crippen molar-refractivity contribution in [3.63, 3.8) is 0 Å². The van der Waals surface area contributed by atoms with E-state index in [1.807, 2.05) is 11.4 Å². The lowest BCUT2D eigenvalue weighted by Gasteiger charge is -2.18. The Morgan fingerprint density at radius 1 is 0.824 bits per heavy atom. The minimum absolute atomic E-state index is 0.114. The first-order valence-electron chi connectivity index (χ1n) is 10.3. The van der Waals surface area contributed by atoms with E-state index in [4.69, 9.17) is 4.74 Å². The number of ether oxygens (including phenoxy) is 1. The van der Waals surface area contributed by atoms with Crippen LogP contribution >= 0.6 is 0 Å². The normalized spacial score (nSPS) is 11.1. The molecule has 1 atom stereocenters. The highest BCUT2D eigenvalue weighted by atomic mass is 19.1. The number of carbonyl (C=O) groups is 4. The quantitative estimate of drug-likeness (QED) is 0.445. The van der Waals surface area contributed by atoms with Gasteiger partial charge in [0.25, 0.3) is 11.8 Å². The molecule has 3 rings (SSSR count). The topological polar surface area (TPSA) is 114 Å². The molecule has 9 heteroatoms. The molecule has 0 aromatic heterocycles. The Kier molecular flexibility index (Phi) is 8.45. The maximum atomic E-state index is 13.6. The Morgan fingerprint density at radius 2 is 1.44 bits per heavy atom. The predicted molar refractivity (Wildman–Crippen MR) is 122 cm³/mol. The molecule has 0 spiro atoms. The molecule has 0 saturated heterocycles. The second kappa shape index (κ2) is 11.9. The Morgan fingerprint density at radius 3 is 2.12 bits per heavy atom. The number of rotatable bonds is 8.